The number of allylic oxidation sites excluding steroid dienone is 4. The van der Waals surface area contributed by atoms with Crippen LogP contribution < -0.4 is 0 Å². The third-order valence-electron chi connectivity index (χ3n) is 9.49. The van der Waals surface area contributed by atoms with Gasteiger partial charge in [-0.15, -0.1) is 0 Å². The van der Waals surface area contributed by atoms with Gasteiger partial charge in [0, 0.05) is 6.54 Å². The minimum Gasteiger partial charge on any atom is -0.465 e. The van der Waals surface area contributed by atoms with E-state index in [4.69, 9.17) is 4.74 Å². The van der Waals surface area contributed by atoms with Crippen LogP contribution in [0.2, 0.25) is 0 Å². The Labute approximate surface area is 290 Å². The average molecular weight is 646 g/mol. The summed E-state index contributed by atoms with van der Waals surface area (Å²) in [5.41, 5.74) is 0. The summed E-state index contributed by atoms with van der Waals surface area (Å²) in [6, 6.07) is 0. The normalized spacial score (nSPS) is 12.6. The summed E-state index contributed by atoms with van der Waals surface area (Å²) in [5, 5.41) is 0. The van der Waals surface area contributed by atoms with E-state index in [0.717, 1.165) is 32.2 Å². The van der Waals surface area contributed by atoms with Crippen LogP contribution in [0.5, 0.6) is 0 Å². The Balaban J connectivity index is 3.95. The lowest BCUT2D eigenvalue weighted by Crippen LogP contribution is -2.21. The molecule has 0 N–H and O–H groups in total. The van der Waals surface area contributed by atoms with E-state index in [0.29, 0.717) is 6.61 Å². The first-order chi connectivity index (χ1) is 22.6. The van der Waals surface area contributed by atoms with Gasteiger partial charge in [0.2, 0.25) is 0 Å². The van der Waals surface area contributed by atoms with Crippen molar-refractivity contribution in [3.63, 3.8) is 0 Å². The molecule has 0 saturated heterocycles. The Kier molecular flexibility index (Phi) is 37.4. The Morgan fingerprint density at radius 3 is 1.30 bits per heavy atom. The summed E-state index contributed by atoms with van der Waals surface area (Å²) in [6.07, 6.45) is 49.7. The van der Waals surface area contributed by atoms with Crippen LogP contribution in [0.4, 0.5) is 0 Å². The highest BCUT2D eigenvalue weighted by atomic mass is 16.5. The highest BCUT2D eigenvalue weighted by Crippen LogP contribution is 2.21. The zero-order valence-corrected chi connectivity index (χ0v) is 32.0. The van der Waals surface area contributed by atoms with Crippen LogP contribution in [0, 0.1) is 5.92 Å². The van der Waals surface area contributed by atoms with Gasteiger partial charge in [-0.05, 0) is 65.5 Å². The Hall–Kier alpha value is -1.09. The highest BCUT2D eigenvalue weighted by Gasteiger charge is 2.19. The van der Waals surface area contributed by atoms with Gasteiger partial charge in [-0.2, -0.15) is 0 Å². The van der Waals surface area contributed by atoms with Crippen LogP contribution in [-0.2, 0) is 9.53 Å². The average Bonchev–Trinajstić information content (AvgIpc) is 3.05. The molecule has 0 aromatic carbocycles. The van der Waals surface area contributed by atoms with E-state index >= 15 is 0 Å². The van der Waals surface area contributed by atoms with Gasteiger partial charge in [0.25, 0.3) is 0 Å². The number of carbonyl (C=O) groups is 1. The molecule has 1 atom stereocenters. The monoisotopic (exact) mass is 646 g/mol. The maximum atomic E-state index is 12.9. The molecule has 272 valence electrons. The van der Waals surface area contributed by atoms with Crippen LogP contribution in [-0.4, -0.2) is 38.1 Å². The van der Waals surface area contributed by atoms with E-state index in [2.05, 4.69) is 57.1 Å². The van der Waals surface area contributed by atoms with Crippen molar-refractivity contribution in [2.75, 3.05) is 27.2 Å². The fourth-order valence-electron chi connectivity index (χ4n) is 6.37. The maximum absolute atomic E-state index is 12.9. The predicted molar refractivity (Wildman–Crippen MR) is 206 cm³/mol. The van der Waals surface area contributed by atoms with Crippen LogP contribution in [0.3, 0.4) is 0 Å². The van der Waals surface area contributed by atoms with E-state index in [9.17, 15) is 4.79 Å². The first-order valence-electron chi connectivity index (χ1n) is 20.7. The molecular weight excluding hydrogens is 562 g/mol. The Morgan fingerprint density at radius 2 is 0.870 bits per heavy atom. The van der Waals surface area contributed by atoms with Gasteiger partial charge in [0.15, 0.2) is 0 Å². The second-order valence-corrected chi connectivity index (χ2v) is 14.5. The fraction of sp³-hybridized carbons (Fsp3) is 0.884. The molecule has 46 heavy (non-hydrogen) atoms. The van der Waals surface area contributed by atoms with Crippen molar-refractivity contribution in [3.05, 3.63) is 24.3 Å². The minimum absolute atomic E-state index is 0.0716. The molecule has 0 fully saturated rings. The summed E-state index contributed by atoms with van der Waals surface area (Å²) in [5.74, 6) is 0.180. The number of hydrogen-bond acceptors (Lipinski definition) is 3. The summed E-state index contributed by atoms with van der Waals surface area (Å²) >= 11 is 0. The lowest BCUT2D eigenvalue weighted by atomic mass is 9.94. The SMILES string of the molecule is CCCCCC=CCC=CCCCCCCCCC(CCCCCCCCCCCCCCCCCC)C(=O)OCCCN(C)C. The van der Waals surface area contributed by atoms with Crippen molar-refractivity contribution in [1.29, 1.82) is 0 Å². The molecule has 0 saturated carbocycles. The summed E-state index contributed by atoms with van der Waals surface area (Å²) in [6.45, 7) is 6.10. The molecule has 0 amide bonds. The zero-order valence-electron chi connectivity index (χ0n) is 32.0. The van der Waals surface area contributed by atoms with Gasteiger partial charge in [0.1, 0.15) is 0 Å². The van der Waals surface area contributed by atoms with E-state index in [1.807, 2.05) is 0 Å². The van der Waals surface area contributed by atoms with Gasteiger partial charge in [-0.3, -0.25) is 4.79 Å². The standard InChI is InChI=1S/C43H83NO2/c1-5-7-9-11-13-15-17-19-21-23-25-27-29-31-33-35-38-42(43(45)46-41-37-40-44(3)4)39-36-34-32-30-28-26-24-22-20-18-16-14-12-10-8-6-2/h13,15,19,21,42H,5-12,14,16-18,20,22-41H2,1-4H3. The molecule has 0 rings (SSSR count). The Morgan fingerprint density at radius 1 is 0.500 bits per heavy atom. The maximum Gasteiger partial charge on any atom is 0.308 e. The van der Waals surface area contributed by atoms with Crippen LogP contribution in [0.1, 0.15) is 213 Å². The second kappa shape index (κ2) is 38.4. The molecule has 0 spiro atoms. The molecule has 0 heterocycles. The van der Waals surface area contributed by atoms with Crippen molar-refractivity contribution >= 4 is 5.97 Å². The van der Waals surface area contributed by atoms with Crippen molar-refractivity contribution < 1.29 is 9.53 Å². The molecule has 3 nitrogen and oxygen atoms in total. The van der Waals surface area contributed by atoms with E-state index < -0.39 is 0 Å². The van der Waals surface area contributed by atoms with Gasteiger partial charge in [-0.25, -0.2) is 0 Å². The Bertz CT molecular complexity index is 655. The van der Waals surface area contributed by atoms with Gasteiger partial charge in [-0.1, -0.05) is 186 Å². The van der Waals surface area contributed by atoms with Crippen LogP contribution in [0.15, 0.2) is 24.3 Å². The van der Waals surface area contributed by atoms with Gasteiger partial charge < -0.3 is 9.64 Å². The number of ether oxygens (including phenoxy) is 1. The molecule has 0 aliphatic carbocycles. The molecule has 0 aliphatic rings. The smallest absolute Gasteiger partial charge is 0.308 e. The van der Waals surface area contributed by atoms with Crippen molar-refractivity contribution in [1.82, 2.24) is 4.90 Å². The van der Waals surface area contributed by atoms with Crippen molar-refractivity contribution in [2.45, 2.75) is 213 Å². The molecule has 1 unspecified atom stereocenters. The summed E-state index contributed by atoms with van der Waals surface area (Å²) in [7, 11) is 4.15. The zero-order chi connectivity index (χ0) is 33.6. The third-order valence-corrected chi connectivity index (χ3v) is 9.49. The first-order valence-corrected chi connectivity index (χ1v) is 20.7. The largest absolute Gasteiger partial charge is 0.465 e. The van der Waals surface area contributed by atoms with Gasteiger partial charge >= 0.3 is 5.97 Å². The molecule has 0 aromatic rings. The predicted octanol–water partition coefficient (Wildman–Crippen LogP) is 14.0. The second-order valence-electron chi connectivity index (χ2n) is 14.5. The topological polar surface area (TPSA) is 29.5 Å². The van der Waals surface area contributed by atoms with E-state index in [-0.39, 0.29) is 11.9 Å². The molecule has 0 radical (unpaired) electrons. The number of hydrogen-bond donors (Lipinski definition) is 0. The molecule has 0 aromatic heterocycles. The number of nitrogens with zero attached hydrogens (tertiary/aromatic N) is 1. The lowest BCUT2D eigenvalue weighted by Gasteiger charge is -2.17. The lowest BCUT2D eigenvalue weighted by molar-refractivity contribution is -0.149. The first kappa shape index (κ1) is 44.9. The number of carbonyl (C=O) groups excluding carboxylic acids is 1. The van der Waals surface area contributed by atoms with Crippen molar-refractivity contribution in [2.24, 2.45) is 5.92 Å². The highest BCUT2D eigenvalue weighted by molar-refractivity contribution is 5.72. The number of unbranched alkanes of at least 4 members (excludes halogenated alkanes) is 24. The number of rotatable bonds is 37. The third kappa shape index (κ3) is 35.8. The van der Waals surface area contributed by atoms with E-state index in [1.165, 1.54) is 173 Å². The van der Waals surface area contributed by atoms with Crippen LogP contribution in [0.25, 0.3) is 0 Å². The quantitative estimate of drug-likeness (QED) is 0.0382. The van der Waals surface area contributed by atoms with E-state index in [1.54, 1.807) is 0 Å². The minimum atomic E-state index is 0.0716. The fourth-order valence-corrected chi connectivity index (χ4v) is 6.37. The summed E-state index contributed by atoms with van der Waals surface area (Å²) < 4.78 is 5.74. The van der Waals surface area contributed by atoms with Crippen molar-refractivity contribution in [3.8, 4) is 0 Å². The molecular formula is C43H83NO2. The number of esters is 1. The molecule has 3 heteroatoms. The molecule has 0 bridgehead atoms. The van der Waals surface area contributed by atoms with Crippen LogP contribution >= 0.6 is 0 Å². The van der Waals surface area contributed by atoms with Gasteiger partial charge in [0.05, 0.1) is 12.5 Å². The molecule has 0 aliphatic heterocycles. The summed E-state index contributed by atoms with van der Waals surface area (Å²) in [4.78, 5) is 15.1.